The van der Waals surface area contributed by atoms with Gasteiger partial charge in [-0.15, -0.1) is 0 Å². The molecule has 1 aromatic carbocycles. The Kier molecular flexibility index (Phi) is 4.02. The van der Waals surface area contributed by atoms with Gasteiger partial charge < -0.3 is 9.84 Å². The highest BCUT2D eigenvalue weighted by atomic mass is 32.2. The number of ether oxygens (including phenoxy) is 1. The van der Waals surface area contributed by atoms with Crippen LogP contribution in [0.5, 0.6) is 5.75 Å². The minimum absolute atomic E-state index is 0.171. The maximum absolute atomic E-state index is 11.9. The number of rotatable bonds is 5. The number of benzene rings is 1. The van der Waals surface area contributed by atoms with Crippen molar-refractivity contribution in [2.75, 3.05) is 13.3 Å². The van der Waals surface area contributed by atoms with Crippen molar-refractivity contribution in [3.8, 4) is 5.75 Å². The highest BCUT2D eigenvalue weighted by Gasteiger charge is 2.18. The van der Waals surface area contributed by atoms with Crippen LogP contribution in [-0.2, 0) is 10.0 Å². The summed E-state index contributed by atoms with van der Waals surface area (Å²) in [7, 11) is -4.13. The standard InChI is InChI=1S/C9H10FNO5S/c10-3-4-16-7-2-1-6(9(12)13)5-8(7)17(11,14)15/h1-2,5H,3-4H2,(H,12,13)(H2,11,14,15). The molecule has 0 heterocycles. The first-order chi connectivity index (χ1) is 7.86. The Morgan fingerprint density at radius 1 is 1.47 bits per heavy atom. The number of alkyl halides is 1. The largest absolute Gasteiger partial charge is 0.489 e. The zero-order valence-electron chi connectivity index (χ0n) is 8.59. The minimum atomic E-state index is -4.13. The zero-order valence-corrected chi connectivity index (χ0v) is 9.41. The Labute approximate surface area is 96.9 Å². The van der Waals surface area contributed by atoms with Gasteiger partial charge in [0.1, 0.15) is 23.9 Å². The molecule has 1 rings (SSSR count). The van der Waals surface area contributed by atoms with Gasteiger partial charge in [-0.2, -0.15) is 0 Å². The average Bonchev–Trinajstić information content (AvgIpc) is 2.24. The Balaban J connectivity index is 3.27. The second kappa shape index (κ2) is 5.11. The minimum Gasteiger partial charge on any atom is -0.489 e. The van der Waals surface area contributed by atoms with Crippen molar-refractivity contribution in [3.05, 3.63) is 23.8 Å². The van der Waals surface area contributed by atoms with Gasteiger partial charge in [0.05, 0.1) is 5.56 Å². The van der Waals surface area contributed by atoms with Crippen molar-refractivity contribution in [3.63, 3.8) is 0 Å². The van der Waals surface area contributed by atoms with Crippen LogP contribution in [0.25, 0.3) is 0 Å². The number of nitrogens with two attached hydrogens (primary N) is 1. The van der Waals surface area contributed by atoms with Crippen LogP contribution in [0, 0.1) is 0 Å². The van der Waals surface area contributed by atoms with Gasteiger partial charge in [-0.1, -0.05) is 0 Å². The van der Waals surface area contributed by atoms with Crippen molar-refractivity contribution in [1.29, 1.82) is 0 Å². The van der Waals surface area contributed by atoms with Gasteiger partial charge in [0.25, 0.3) is 0 Å². The lowest BCUT2D eigenvalue weighted by Gasteiger charge is -2.09. The number of carboxylic acid groups (broad SMARTS) is 1. The molecule has 0 amide bonds. The van der Waals surface area contributed by atoms with E-state index in [1.165, 1.54) is 0 Å². The quantitative estimate of drug-likeness (QED) is 0.798. The fraction of sp³-hybridized carbons (Fsp3) is 0.222. The maximum atomic E-state index is 11.9. The van der Waals surface area contributed by atoms with Crippen molar-refractivity contribution < 1.29 is 27.4 Å². The van der Waals surface area contributed by atoms with E-state index in [0.717, 1.165) is 18.2 Å². The predicted octanol–water partition coefficient (Wildman–Crippen LogP) is 0.381. The van der Waals surface area contributed by atoms with Crippen LogP contribution in [-0.4, -0.2) is 32.8 Å². The van der Waals surface area contributed by atoms with Crippen LogP contribution in [0.1, 0.15) is 10.4 Å². The smallest absolute Gasteiger partial charge is 0.335 e. The molecule has 94 valence electrons. The van der Waals surface area contributed by atoms with Crippen LogP contribution in [0.3, 0.4) is 0 Å². The molecule has 0 atom stereocenters. The topological polar surface area (TPSA) is 107 Å². The molecule has 17 heavy (non-hydrogen) atoms. The maximum Gasteiger partial charge on any atom is 0.335 e. The molecule has 8 heteroatoms. The Morgan fingerprint density at radius 2 is 2.12 bits per heavy atom. The molecular formula is C9H10FNO5S. The number of halogens is 1. The second-order valence-electron chi connectivity index (χ2n) is 3.05. The Bertz CT molecular complexity index is 528. The normalized spacial score (nSPS) is 11.2. The molecular weight excluding hydrogens is 253 g/mol. The van der Waals surface area contributed by atoms with Crippen LogP contribution in [0.15, 0.2) is 23.1 Å². The van der Waals surface area contributed by atoms with E-state index in [1.807, 2.05) is 0 Å². The lowest BCUT2D eigenvalue weighted by atomic mass is 10.2. The number of aromatic carboxylic acids is 1. The van der Waals surface area contributed by atoms with Crippen LogP contribution in [0.2, 0.25) is 0 Å². The first kappa shape index (κ1) is 13.4. The molecule has 6 nitrogen and oxygen atoms in total. The van der Waals surface area contributed by atoms with Crippen LogP contribution >= 0.6 is 0 Å². The second-order valence-corrected chi connectivity index (χ2v) is 4.58. The number of hydrogen-bond acceptors (Lipinski definition) is 4. The van der Waals surface area contributed by atoms with E-state index in [9.17, 15) is 17.6 Å². The Morgan fingerprint density at radius 3 is 2.59 bits per heavy atom. The molecule has 0 radical (unpaired) electrons. The lowest BCUT2D eigenvalue weighted by molar-refractivity contribution is 0.0696. The molecule has 0 saturated carbocycles. The molecule has 0 bridgehead atoms. The fourth-order valence-corrected chi connectivity index (χ4v) is 1.83. The summed E-state index contributed by atoms with van der Waals surface area (Å²) in [4.78, 5) is 10.2. The van der Waals surface area contributed by atoms with Gasteiger partial charge in [-0.25, -0.2) is 22.7 Å². The lowest BCUT2D eigenvalue weighted by Crippen LogP contribution is -2.15. The Hall–Kier alpha value is -1.67. The van der Waals surface area contributed by atoms with Gasteiger partial charge in [0.2, 0.25) is 10.0 Å². The van der Waals surface area contributed by atoms with Gasteiger partial charge in [0, 0.05) is 0 Å². The molecule has 3 N–H and O–H groups in total. The van der Waals surface area contributed by atoms with E-state index in [-0.39, 0.29) is 17.9 Å². The van der Waals surface area contributed by atoms with Gasteiger partial charge in [-0.05, 0) is 18.2 Å². The predicted molar refractivity (Wildman–Crippen MR) is 56.2 cm³/mol. The highest BCUT2D eigenvalue weighted by Crippen LogP contribution is 2.24. The molecule has 0 aromatic heterocycles. The molecule has 0 spiro atoms. The third-order valence-electron chi connectivity index (χ3n) is 1.83. The SMILES string of the molecule is NS(=O)(=O)c1cc(C(=O)O)ccc1OCCF. The average molecular weight is 263 g/mol. The van der Waals surface area contributed by atoms with E-state index in [1.54, 1.807) is 0 Å². The number of carboxylic acids is 1. The zero-order chi connectivity index (χ0) is 13.1. The number of sulfonamides is 1. The van der Waals surface area contributed by atoms with E-state index in [4.69, 9.17) is 15.0 Å². The summed E-state index contributed by atoms with van der Waals surface area (Å²) in [6.07, 6.45) is 0. The van der Waals surface area contributed by atoms with E-state index in [0.29, 0.717) is 0 Å². The summed E-state index contributed by atoms with van der Waals surface area (Å²) >= 11 is 0. The fourth-order valence-electron chi connectivity index (χ4n) is 1.13. The molecule has 0 unspecified atom stereocenters. The summed E-state index contributed by atoms with van der Waals surface area (Å²) in [6, 6.07) is 3.13. The van der Waals surface area contributed by atoms with E-state index < -0.39 is 27.6 Å². The summed E-state index contributed by atoms with van der Waals surface area (Å²) in [5.74, 6) is -1.47. The van der Waals surface area contributed by atoms with Crippen LogP contribution < -0.4 is 9.88 Å². The van der Waals surface area contributed by atoms with Gasteiger partial charge >= 0.3 is 5.97 Å². The summed E-state index contributed by atoms with van der Waals surface area (Å²) in [6.45, 7) is -1.14. The summed E-state index contributed by atoms with van der Waals surface area (Å²) in [5, 5.41) is 13.6. The molecule has 1 aromatic rings. The molecule has 0 aliphatic carbocycles. The van der Waals surface area contributed by atoms with Crippen molar-refractivity contribution >= 4 is 16.0 Å². The number of hydrogen-bond donors (Lipinski definition) is 2. The van der Waals surface area contributed by atoms with Crippen molar-refractivity contribution in [2.24, 2.45) is 5.14 Å². The van der Waals surface area contributed by atoms with E-state index in [2.05, 4.69) is 0 Å². The third kappa shape index (κ3) is 3.40. The molecule has 0 saturated heterocycles. The highest BCUT2D eigenvalue weighted by molar-refractivity contribution is 7.89. The summed E-state index contributed by atoms with van der Waals surface area (Å²) < 4.78 is 39.1. The molecule has 0 aliphatic heterocycles. The first-order valence-corrected chi connectivity index (χ1v) is 6.00. The third-order valence-corrected chi connectivity index (χ3v) is 2.76. The van der Waals surface area contributed by atoms with E-state index >= 15 is 0 Å². The molecule has 0 fully saturated rings. The summed E-state index contributed by atoms with van der Waals surface area (Å²) in [5.41, 5.74) is -0.248. The van der Waals surface area contributed by atoms with Crippen molar-refractivity contribution in [2.45, 2.75) is 4.90 Å². The van der Waals surface area contributed by atoms with Gasteiger partial charge in [0.15, 0.2) is 0 Å². The van der Waals surface area contributed by atoms with Crippen molar-refractivity contribution in [1.82, 2.24) is 0 Å². The monoisotopic (exact) mass is 263 g/mol. The number of carbonyl (C=O) groups is 1. The van der Waals surface area contributed by atoms with Gasteiger partial charge in [-0.3, -0.25) is 0 Å². The number of primary sulfonamides is 1. The first-order valence-electron chi connectivity index (χ1n) is 4.45. The van der Waals surface area contributed by atoms with Crippen LogP contribution in [0.4, 0.5) is 4.39 Å². The molecule has 0 aliphatic rings.